The van der Waals surface area contributed by atoms with E-state index in [1.165, 1.54) is 12.8 Å². The molecule has 118 valence electrons. The van der Waals surface area contributed by atoms with E-state index in [1.807, 2.05) is 24.3 Å². The molecule has 2 saturated heterocycles. The largest absolute Gasteiger partial charge is 0.390 e. The Morgan fingerprint density at radius 2 is 2.23 bits per heavy atom. The molecule has 1 aromatic rings. The quantitative estimate of drug-likeness (QED) is 0.730. The first-order chi connectivity index (χ1) is 10.7. The van der Waals surface area contributed by atoms with Gasteiger partial charge in [0.05, 0.1) is 18.2 Å². The molecule has 3 aliphatic rings. The van der Waals surface area contributed by atoms with Gasteiger partial charge >= 0.3 is 0 Å². The van der Waals surface area contributed by atoms with Gasteiger partial charge in [-0.15, -0.1) is 0 Å². The third kappa shape index (κ3) is 2.43. The maximum absolute atomic E-state index is 12.6. The van der Waals surface area contributed by atoms with Gasteiger partial charge in [0, 0.05) is 25.6 Å². The lowest BCUT2D eigenvalue weighted by Gasteiger charge is -2.35. The normalized spacial score (nSPS) is 34.2. The van der Waals surface area contributed by atoms with Crippen LogP contribution in [0, 0.1) is 0 Å². The van der Waals surface area contributed by atoms with Crippen molar-refractivity contribution in [2.75, 3.05) is 19.6 Å². The van der Waals surface area contributed by atoms with Crippen LogP contribution in [0.1, 0.15) is 30.0 Å². The molecule has 0 saturated carbocycles. The molecule has 3 N–H and O–H groups in total. The van der Waals surface area contributed by atoms with Crippen molar-refractivity contribution >= 4 is 5.91 Å². The summed E-state index contributed by atoms with van der Waals surface area (Å²) in [4.78, 5) is 15.0. The second kappa shape index (κ2) is 5.65. The summed E-state index contributed by atoms with van der Waals surface area (Å²) >= 11 is 0. The first-order valence-electron chi connectivity index (χ1n) is 8.26. The summed E-state index contributed by atoms with van der Waals surface area (Å²) < 4.78 is 0. The molecule has 22 heavy (non-hydrogen) atoms. The van der Waals surface area contributed by atoms with Crippen molar-refractivity contribution in [3.05, 3.63) is 35.4 Å². The average molecular weight is 301 g/mol. The molecule has 5 nitrogen and oxygen atoms in total. The summed E-state index contributed by atoms with van der Waals surface area (Å²) in [5.41, 5.74) is 2.19. The van der Waals surface area contributed by atoms with E-state index in [0.717, 1.165) is 30.8 Å². The van der Waals surface area contributed by atoms with E-state index in [0.29, 0.717) is 12.5 Å². The van der Waals surface area contributed by atoms with E-state index in [9.17, 15) is 9.90 Å². The zero-order valence-corrected chi connectivity index (χ0v) is 12.7. The summed E-state index contributed by atoms with van der Waals surface area (Å²) in [5, 5.41) is 16.7. The number of nitrogens with zero attached hydrogens (tertiary/aromatic N) is 1. The van der Waals surface area contributed by atoms with Crippen LogP contribution in [-0.4, -0.2) is 53.7 Å². The van der Waals surface area contributed by atoms with Crippen LogP contribution in [0.15, 0.2) is 24.3 Å². The van der Waals surface area contributed by atoms with Crippen LogP contribution in [0.5, 0.6) is 0 Å². The first-order valence-corrected chi connectivity index (χ1v) is 8.26. The van der Waals surface area contributed by atoms with Gasteiger partial charge in [-0.2, -0.15) is 0 Å². The molecule has 0 aromatic heterocycles. The maximum Gasteiger partial charge on any atom is 0.239 e. The molecular formula is C17H23N3O2. The minimum absolute atomic E-state index is 0.00565. The molecule has 2 fully saturated rings. The van der Waals surface area contributed by atoms with E-state index < -0.39 is 6.10 Å². The van der Waals surface area contributed by atoms with Gasteiger partial charge in [0.2, 0.25) is 5.91 Å². The average Bonchev–Trinajstić information content (AvgIpc) is 3.11. The molecule has 2 unspecified atom stereocenters. The lowest BCUT2D eigenvalue weighted by Crippen LogP contribution is -2.59. The van der Waals surface area contributed by atoms with Crippen LogP contribution < -0.4 is 10.6 Å². The zero-order chi connectivity index (χ0) is 15.1. The number of aliphatic hydroxyl groups excluding tert-OH is 1. The zero-order valence-electron chi connectivity index (χ0n) is 12.7. The predicted octanol–water partition coefficient (Wildman–Crippen LogP) is 0.197. The number of piperazine rings is 1. The van der Waals surface area contributed by atoms with Gasteiger partial charge in [-0.3, -0.25) is 9.69 Å². The highest BCUT2D eigenvalue weighted by molar-refractivity contribution is 5.83. The van der Waals surface area contributed by atoms with Gasteiger partial charge in [0.25, 0.3) is 0 Å². The summed E-state index contributed by atoms with van der Waals surface area (Å²) in [6.45, 7) is 2.77. The molecule has 1 aromatic carbocycles. The molecular weight excluding hydrogens is 278 g/mol. The number of hydrogen-bond donors (Lipinski definition) is 3. The van der Waals surface area contributed by atoms with Crippen LogP contribution in [0.3, 0.4) is 0 Å². The predicted molar refractivity (Wildman–Crippen MR) is 83.4 cm³/mol. The Morgan fingerprint density at radius 3 is 3.14 bits per heavy atom. The number of carbonyl (C=O) groups is 1. The number of aliphatic hydroxyl groups is 1. The minimum atomic E-state index is -0.524. The van der Waals surface area contributed by atoms with E-state index in [2.05, 4.69) is 15.5 Å². The van der Waals surface area contributed by atoms with Crippen LogP contribution in [0.25, 0.3) is 0 Å². The van der Waals surface area contributed by atoms with Crippen molar-refractivity contribution in [1.82, 2.24) is 15.5 Å². The molecule has 0 radical (unpaired) electrons. The summed E-state index contributed by atoms with van der Waals surface area (Å²) in [7, 11) is 0. The van der Waals surface area contributed by atoms with Crippen LogP contribution >= 0.6 is 0 Å². The number of carbonyl (C=O) groups excluding carboxylic acids is 1. The summed E-state index contributed by atoms with van der Waals surface area (Å²) in [6, 6.07) is 8.12. The van der Waals surface area contributed by atoms with Gasteiger partial charge < -0.3 is 15.7 Å². The van der Waals surface area contributed by atoms with Crippen molar-refractivity contribution in [2.24, 2.45) is 0 Å². The van der Waals surface area contributed by atoms with Gasteiger partial charge in [0.15, 0.2) is 0 Å². The number of hydrogen-bond acceptors (Lipinski definition) is 4. The second-order valence-corrected chi connectivity index (χ2v) is 6.71. The minimum Gasteiger partial charge on any atom is -0.390 e. The smallest absolute Gasteiger partial charge is 0.239 e. The van der Waals surface area contributed by atoms with Crippen molar-refractivity contribution < 1.29 is 9.90 Å². The number of fused-ring (bicyclic) bond motifs is 2. The Morgan fingerprint density at radius 1 is 1.36 bits per heavy atom. The fourth-order valence-corrected chi connectivity index (χ4v) is 4.12. The molecule has 1 amide bonds. The Balaban J connectivity index is 1.44. The number of amides is 1. The summed E-state index contributed by atoms with van der Waals surface area (Å²) in [6.07, 6.45) is 2.56. The highest BCUT2D eigenvalue weighted by Crippen LogP contribution is 2.31. The first kappa shape index (κ1) is 14.2. The van der Waals surface area contributed by atoms with E-state index >= 15 is 0 Å². The van der Waals surface area contributed by atoms with Crippen molar-refractivity contribution in [1.29, 1.82) is 0 Å². The van der Waals surface area contributed by atoms with Crippen molar-refractivity contribution in [3.63, 3.8) is 0 Å². The van der Waals surface area contributed by atoms with E-state index in [-0.39, 0.29) is 18.0 Å². The summed E-state index contributed by atoms with van der Waals surface area (Å²) in [5.74, 6) is 0.00565. The Hall–Kier alpha value is -1.43. The fraction of sp³-hybridized carbons (Fsp3) is 0.588. The number of rotatable bonds is 2. The lowest BCUT2D eigenvalue weighted by atomic mass is 10.1. The molecule has 2 aliphatic heterocycles. The molecule has 5 heteroatoms. The van der Waals surface area contributed by atoms with Crippen LogP contribution in [0.4, 0.5) is 0 Å². The Kier molecular flexibility index (Phi) is 3.64. The Bertz CT molecular complexity index is 577. The highest BCUT2D eigenvalue weighted by Gasteiger charge is 2.37. The van der Waals surface area contributed by atoms with Crippen molar-refractivity contribution in [3.8, 4) is 0 Å². The topological polar surface area (TPSA) is 64.6 Å². The third-order valence-corrected chi connectivity index (χ3v) is 5.33. The van der Waals surface area contributed by atoms with Gasteiger partial charge in [-0.05, 0) is 30.5 Å². The highest BCUT2D eigenvalue weighted by atomic mass is 16.3. The second-order valence-electron chi connectivity index (χ2n) is 6.71. The number of nitrogens with one attached hydrogen (secondary N) is 2. The van der Waals surface area contributed by atoms with E-state index in [4.69, 9.17) is 0 Å². The molecule has 1 aliphatic carbocycles. The van der Waals surface area contributed by atoms with E-state index in [1.54, 1.807) is 0 Å². The van der Waals surface area contributed by atoms with Gasteiger partial charge in [-0.25, -0.2) is 0 Å². The van der Waals surface area contributed by atoms with Gasteiger partial charge in [0.1, 0.15) is 0 Å². The lowest BCUT2D eigenvalue weighted by molar-refractivity contribution is -0.126. The van der Waals surface area contributed by atoms with Gasteiger partial charge in [-0.1, -0.05) is 24.3 Å². The van der Waals surface area contributed by atoms with Crippen LogP contribution in [0.2, 0.25) is 0 Å². The maximum atomic E-state index is 12.6. The molecule has 2 heterocycles. The molecule has 0 bridgehead atoms. The number of benzene rings is 1. The third-order valence-electron chi connectivity index (χ3n) is 5.33. The standard InChI is InChI=1S/C17H23N3O2/c21-15-8-11-4-1-2-6-13(11)16(15)19-17(22)14-10-20-7-3-5-12(20)9-18-14/h1-2,4,6,12,14-16,18,21H,3,5,7-10H2,(H,19,22)/t12?,14?,15-,16-/m0/s1. The Labute approximate surface area is 130 Å². The molecule has 0 spiro atoms. The molecule has 4 rings (SSSR count). The molecule has 4 atom stereocenters. The van der Waals surface area contributed by atoms with Crippen molar-refractivity contribution in [2.45, 2.75) is 43.5 Å². The monoisotopic (exact) mass is 301 g/mol. The fourth-order valence-electron chi connectivity index (χ4n) is 4.12. The SMILES string of the molecule is O=C(N[C@H]1c2ccccc2C[C@@H]1O)C1CN2CCCC2CN1. The van der Waals surface area contributed by atoms with Crippen LogP contribution in [-0.2, 0) is 11.2 Å².